The topological polar surface area (TPSA) is 102 Å². The molecule has 2 N–H and O–H groups in total. The minimum atomic E-state index is -0.440. The van der Waals surface area contributed by atoms with Crippen LogP contribution in [0.15, 0.2) is 21.0 Å². The molecule has 0 radical (unpaired) electrons. The lowest BCUT2D eigenvalue weighted by Crippen LogP contribution is -2.44. The first-order valence-corrected chi connectivity index (χ1v) is 12.8. The van der Waals surface area contributed by atoms with Gasteiger partial charge in [0.1, 0.15) is 11.2 Å². The van der Waals surface area contributed by atoms with Crippen molar-refractivity contribution in [2.45, 2.75) is 78.9 Å². The van der Waals surface area contributed by atoms with Crippen LogP contribution in [-0.4, -0.2) is 33.5 Å². The zero-order valence-corrected chi connectivity index (χ0v) is 20.9. The number of nitrogens with one attached hydrogen (secondary N) is 2. The van der Waals surface area contributed by atoms with Gasteiger partial charge in [0.2, 0.25) is 11.8 Å². The van der Waals surface area contributed by atoms with Gasteiger partial charge in [0.25, 0.3) is 5.56 Å². The van der Waals surface area contributed by atoms with E-state index in [1.165, 1.54) is 20.5 Å². The zero-order chi connectivity index (χ0) is 24.1. The van der Waals surface area contributed by atoms with Gasteiger partial charge in [0, 0.05) is 25.0 Å². The Bertz CT molecular complexity index is 1090. The van der Waals surface area contributed by atoms with Crippen LogP contribution in [-0.2, 0) is 22.7 Å². The fourth-order valence-electron chi connectivity index (χ4n) is 4.41. The Kier molecular flexibility index (Phi) is 8.51. The smallest absolute Gasteiger partial charge is 0.332 e. The van der Waals surface area contributed by atoms with Crippen LogP contribution in [0.3, 0.4) is 0 Å². The van der Waals surface area contributed by atoms with E-state index in [-0.39, 0.29) is 41.8 Å². The van der Waals surface area contributed by atoms with Crippen molar-refractivity contribution in [1.82, 2.24) is 19.8 Å². The summed E-state index contributed by atoms with van der Waals surface area (Å²) >= 11 is 1.29. The van der Waals surface area contributed by atoms with Crippen LogP contribution >= 0.6 is 11.3 Å². The first-order chi connectivity index (χ1) is 15.7. The summed E-state index contributed by atoms with van der Waals surface area (Å²) in [6, 6.07) is 1.85. The largest absolute Gasteiger partial charge is 0.355 e. The number of hydrogen-bond donors (Lipinski definition) is 2. The Morgan fingerprint density at radius 2 is 1.79 bits per heavy atom. The lowest BCUT2D eigenvalue weighted by Gasteiger charge is -2.28. The normalized spacial score (nSPS) is 18.7. The molecule has 2 aromatic rings. The van der Waals surface area contributed by atoms with E-state index in [4.69, 9.17) is 0 Å². The molecule has 3 rings (SSSR count). The van der Waals surface area contributed by atoms with Crippen molar-refractivity contribution in [3.63, 3.8) is 0 Å². The molecule has 1 aliphatic carbocycles. The van der Waals surface area contributed by atoms with E-state index >= 15 is 0 Å². The molecule has 1 aliphatic rings. The molecule has 2 amide bonds. The molecule has 2 aromatic heterocycles. The molecule has 1 saturated carbocycles. The molecule has 9 heteroatoms. The molecule has 0 aromatic carbocycles. The Morgan fingerprint density at radius 3 is 2.42 bits per heavy atom. The number of carbonyl (C=O) groups excluding carboxylic acids is 2. The molecule has 33 heavy (non-hydrogen) atoms. The molecule has 0 spiro atoms. The third kappa shape index (κ3) is 6.34. The van der Waals surface area contributed by atoms with Gasteiger partial charge < -0.3 is 10.6 Å². The van der Waals surface area contributed by atoms with Gasteiger partial charge in [-0.05, 0) is 69.2 Å². The van der Waals surface area contributed by atoms with E-state index in [1.807, 2.05) is 13.8 Å². The van der Waals surface area contributed by atoms with Gasteiger partial charge in [-0.15, -0.1) is 11.3 Å². The summed E-state index contributed by atoms with van der Waals surface area (Å²) in [4.78, 5) is 51.1. The van der Waals surface area contributed by atoms with Gasteiger partial charge in [0.05, 0.1) is 5.52 Å². The highest BCUT2D eigenvalue weighted by atomic mass is 32.1. The van der Waals surface area contributed by atoms with Crippen molar-refractivity contribution in [1.29, 1.82) is 0 Å². The van der Waals surface area contributed by atoms with E-state index in [2.05, 4.69) is 24.5 Å². The summed E-state index contributed by atoms with van der Waals surface area (Å²) in [6.45, 7) is 8.85. The molecule has 0 saturated heterocycles. The third-order valence-corrected chi connectivity index (χ3v) is 7.16. The molecule has 0 aliphatic heterocycles. The summed E-state index contributed by atoms with van der Waals surface area (Å²) < 4.78 is 3.20. The number of amides is 2. The second kappa shape index (κ2) is 11.1. The fourth-order valence-corrected chi connectivity index (χ4v) is 5.26. The molecular formula is C24H36N4O4S. The maximum Gasteiger partial charge on any atom is 0.332 e. The zero-order valence-electron chi connectivity index (χ0n) is 20.1. The first-order valence-electron chi connectivity index (χ1n) is 11.9. The Morgan fingerprint density at radius 1 is 1.09 bits per heavy atom. The molecule has 1 fully saturated rings. The van der Waals surface area contributed by atoms with Crippen molar-refractivity contribution in [3.05, 3.63) is 32.3 Å². The van der Waals surface area contributed by atoms with Crippen molar-refractivity contribution in [2.24, 2.45) is 17.8 Å². The first kappa shape index (κ1) is 25.2. The third-order valence-electron chi connectivity index (χ3n) is 6.27. The van der Waals surface area contributed by atoms with Gasteiger partial charge in [-0.1, -0.05) is 13.8 Å². The van der Waals surface area contributed by atoms with Gasteiger partial charge >= 0.3 is 5.69 Å². The number of thiophene rings is 1. The highest BCUT2D eigenvalue weighted by molar-refractivity contribution is 7.17. The number of rotatable bonds is 9. The van der Waals surface area contributed by atoms with E-state index in [0.29, 0.717) is 29.2 Å². The highest BCUT2D eigenvalue weighted by Gasteiger charge is 2.28. The van der Waals surface area contributed by atoms with Crippen LogP contribution in [0.1, 0.15) is 59.8 Å². The van der Waals surface area contributed by atoms with E-state index in [0.717, 1.165) is 32.1 Å². The molecular weight excluding hydrogens is 440 g/mol. The number of hydrogen-bond acceptors (Lipinski definition) is 5. The van der Waals surface area contributed by atoms with Gasteiger partial charge in [-0.25, -0.2) is 4.79 Å². The monoisotopic (exact) mass is 476 g/mol. The van der Waals surface area contributed by atoms with Crippen LogP contribution in [0.25, 0.3) is 10.2 Å². The number of aromatic nitrogens is 2. The lowest BCUT2D eigenvalue weighted by molar-refractivity contribution is -0.126. The van der Waals surface area contributed by atoms with E-state index in [9.17, 15) is 19.2 Å². The van der Waals surface area contributed by atoms with Crippen LogP contribution in [0.5, 0.6) is 0 Å². The van der Waals surface area contributed by atoms with Crippen molar-refractivity contribution in [3.8, 4) is 0 Å². The van der Waals surface area contributed by atoms with E-state index in [1.54, 1.807) is 11.4 Å². The maximum atomic E-state index is 13.3. The minimum absolute atomic E-state index is 0.00802. The lowest BCUT2D eigenvalue weighted by atomic mass is 9.81. The summed E-state index contributed by atoms with van der Waals surface area (Å²) in [7, 11) is 0. The minimum Gasteiger partial charge on any atom is -0.355 e. The quantitative estimate of drug-likeness (QED) is 0.581. The van der Waals surface area contributed by atoms with Gasteiger partial charge in [-0.3, -0.25) is 23.5 Å². The number of nitrogens with zero attached hydrogens (tertiary/aromatic N) is 2. The van der Waals surface area contributed by atoms with Crippen molar-refractivity contribution >= 4 is 33.4 Å². The summed E-state index contributed by atoms with van der Waals surface area (Å²) in [5.41, 5.74) is -0.218. The highest BCUT2D eigenvalue weighted by Crippen LogP contribution is 2.30. The van der Waals surface area contributed by atoms with Gasteiger partial charge in [-0.2, -0.15) is 0 Å². The van der Waals surface area contributed by atoms with Crippen LogP contribution in [0, 0.1) is 17.8 Å². The molecule has 182 valence electrons. The second-order valence-electron chi connectivity index (χ2n) is 9.83. The van der Waals surface area contributed by atoms with E-state index < -0.39 is 5.69 Å². The number of fused-ring (bicyclic) bond motifs is 1. The van der Waals surface area contributed by atoms with Crippen molar-refractivity contribution in [2.75, 3.05) is 6.54 Å². The van der Waals surface area contributed by atoms with Crippen LogP contribution in [0.2, 0.25) is 0 Å². The summed E-state index contributed by atoms with van der Waals surface area (Å²) in [6.07, 6.45) is 3.96. The van der Waals surface area contributed by atoms with Gasteiger partial charge in [0.15, 0.2) is 0 Å². The Labute approximate surface area is 198 Å². The van der Waals surface area contributed by atoms with Crippen LogP contribution in [0.4, 0.5) is 0 Å². The maximum absolute atomic E-state index is 13.3. The Hall–Kier alpha value is -2.42. The average Bonchev–Trinajstić information content (AvgIpc) is 3.24. The SMILES string of the molecule is CC(C)CCNC(=O)Cn1c(=O)n(CC2CCC(C(=O)NC(C)C)CC2)c(=O)c2sccc21. The molecule has 0 unspecified atom stereocenters. The Balaban J connectivity index is 1.75. The molecule has 0 atom stereocenters. The van der Waals surface area contributed by atoms with Crippen molar-refractivity contribution < 1.29 is 9.59 Å². The number of carbonyl (C=O) groups is 2. The molecule has 2 heterocycles. The standard InChI is InChI=1S/C24H36N4O4S/c1-15(2)9-11-25-20(29)14-27-19-10-12-33-21(19)23(31)28(24(27)32)13-17-5-7-18(8-6-17)22(30)26-16(3)4/h10,12,15-18H,5-9,11,13-14H2,1-4H3,(H,25,29)(H,26,30). The molecule has 0 bridgehead atoms. The predicted molar refractivity (Wildman–Crippen MR) is 132 cm³/mol. The average molecular weight is 477 g/mol. The summed E-state index contributed by atoms with van der Waals surface area (Å²) in [5, 5.41) is 7.62. The molecule has 8 nitrogen and oxygen atoms in total. The second-order valence-corrected chi connectivity index (χ2v) is 10.7. The predicted octanol–water partition coefficient (Wildman–Crippen LogP) is 2.72. The fraction of sp³-hybridized carbons (Fsp3) is 0.667. The summed E-state index contributed by atoms with van der Waals surface area (Å²) in [5.74, 6) is 0.485. The van der Waals surface area contributed by atoms with Crippen LogP contribution < -0.4 is 21.9 Å².